The normalized spacial score (nSPS) is 14.9. The molecule has 0 fully saturated rings. The monoisotopic (exact) mass is 871 g/mol. The summed E-state index contributed by atoms with van der Waals surface area (Å²) in [5.41, 5.74) is 0. The third kappa shape index (κ3) is 44.2. The maximum absolute atomic E-state index is 12.6. The summed E-state index contributed by atoms with van der Waals surface area (Å²) in [7, 11) is -4.66. The van der Waals surface area contributed by atoms with Crippen molar-refractivity contribution in [3.05, 3.63) is 122 Å². The molecule has 3 atom stereocenters. The molecule has 0 heterocycles. The maximum Gasteiger partial charge on any atom is 0.472 e. The van der Waals surface area contributed by atoms with Crippen molar-refractivity contribution < 1.29 is 47.8 Å². The number of carbonyl (C=O) groups excluding carboxylic acids is 2. The van der Waals surface area contributed by atoms with Crippen molar-refractivity contribution in [1.82, 2.24) is 0 Å². The van der Waals surface area contributed by atoms with Crippen LogP contribution in [0.4, 0.5) is 0 Å². The van der Waals surface area contributed by atoms with Gasteiger partial charge in [0.1, 0.15) is 12.7 Å². The summed E-state index contributed by atoms with van der Waals surface area (Å²) in [5.74, 6) is -1.13. The van der Waals surface area contributed by atoms with Gasteiger partial charge in [-0.15, -0.1) is 0 Å². The van der Waals surface area contributed by atoms with Crippen LogP contribution in [-0.2, 0) is 32.7 Å². The van der Waals surface area contributed by atoms with Crippen molar-refractivity contribution in [2.45, 2.75) is 154 Å². The Bertz CT molecular complexity index is 1420. The molecular weight excluding hydrogens is 792 g/mol. The van der Waals surface area contributed by atoms with Crippen LogP contribution in [0.15, 0.2) is 122 Å². The summed E-state index contributed by atoms with van der Waals surface area (Å²) in [4.78, 5) is 35.0. The molecule has 0 aliphatic carbocycles. The average molecular weight is 871 g/mol. The summed E-state index contributed by atoms with van der Waals surface area (Å²) in [6.45, 7) is 2.13. The van der Waals surface area contributed by atoms with Crippen LogP contribution in [0.5, 0.6) is 0 Å². The molecule has 0 aromatic carbocycles. The highest BCUT2D eigenvalue weighted by atomic mass is 31.2. The number of esters is 2. The molecule has 0 rings (SSSR count). The van der Waals surface area contributed by atoms with Gasteiger partial charge in [-0.05, 0) is 89.9 Å². The van der Waals surface area contributed by atoms with E-state index in [2.05, 4.69) is 116 Å². The Balaban J connectivity index is 4.55. The predicted octanol–water partition coefficient (Wildman–Crippen LogP) is 12.3. The maximum atomic E-state index is 12.6. The van der Waals surface area contributed by atoms with Gasteiger partial charge in [-0.1, -0.05) is 161 Å². The number of phosphoric acid groups is 1. The van der Waals surface area contributed by atoms with E-state index in [9.17, 15) is 24.2 Å². The highest BCUT2D eigenvalue weighted by molar-refractivity contribution is 7.47. The van der Waals surface area contributed by atoms with Crippen molar-refractivity contribution in [3.63, 3.8) is 0 Å². The van der Waals surface area contributed by atoms with Gasteiger partial charge in [-0.2, -0.15) is 0 Å². The molecule has 0 aliphatic rings. The third-order valence-electron chi connectivity index (χ3n) is 8.62. The van der Waals surface area contributed by atoms with Gasteiger partial charge in [0.05, 0.1) is 19.8 Å². The topological polar surface area (TPSA) is 149 Å². The smallest absolute Gasteiger partial charge is 0.462 e. The van der Waals surface area contributed by atoms with Crippen LogP contribution >= 0.6 is 7.82 Å². The van der Waals surface area contributed by atoms with Crippen LogP contribution in [0.2, 0.25) is 0 Å². The molecule has 0 amide bonds. The van der Waals surface area contributed by atoms with Gasteiger partial charge in [0.15, 0.2) is 6.10 Å². The number of hydrogen-bond acceptors (Lipinski definition) is 9. The molecule has 1 unspecified atom stereocenters. The van der Waals surface area contributed by atoms with Gasteiger partial charge in [0, 0.05) is 12.8 Å². The van der Waals surface area contributed by atoms with Gasteiger partial charge in [-0.25, -0.2) is 4.57 Å². The second-order valence-electron chi connectivity index (χ2n) is 14.4. The fourth-order valence-electron chi connectivity index (χ4n) is 5.13. The molecule has 344 valence electrons. The summed E-state index contributed by atoms with van der Waals surface area (Å²) in [6.07, 6.45) is 57.6. The molecule has 61 heavy (non-hydrogen) atoms. The van der Waals surface area contributed by atoms with Crippen molar-refractivity contribution in [2.24, 2.45) is 0 Å². The quantitative estimate of drug-likeness (QED) is 0.0235. The molecule has 3 N–H and O–H groups in total. The Morgan fingerprint density at radius 3 is 1.21 bits per heavy atom. The molecule has 10 nitrogen and oxygen atoms in total. The van der Waals surface area contributed by atoms with Crippen LogP contribution in [0.1, 0.15) is 142 Å². The van der Waals surface area contributed by atoms with Crippen LogP contribution in [0, 0.1) is 0 Å². The lowest BCUT2D eigenvalue weighted by Crippen LogP contribution is -2.29. The lowest BCUT2D eigenvalue weighted by atomic mass is 10.2. The first-order valence-electron chi connectivity index (χ1n) is 22.5. The average Bonchev–Trinajstić information content (AvgIpc) is 3.25. The number of hydrogen-bond donors (Lipinski definition) is 3. The summed E-state index contributed by atoms with van der Waals surface area (Å²) < 4.78 is 32.6. The zero-order valence-corrected chi connectivity index (χ0v) is 38.2. The zero-order valence-electron chi connectivity index (χ0n) is 37.3. The van der Waals surface area contributed by atoms with E-state index in [4.69, 9.17) is 19.1 Å². The van der Waals surface area contributed by atoms with Gasteiger partial charge >= 0.3 is 19.8 Å². The van der Waals surface area contributed by atoms with E-state index >= 15 is 0 Å². The number of phosphoric ester groups is 1. The molecule has 0 aromatic heterocycles. The van der Waals surface area contributed by atoms with E-state index in [-0.39, 0.29) is 12.8 Å². The summed E-state index contributed by atoms with van der Waals surface area (Å²) in [6, 6.07) is 0. The van der Waals surface area contributed by atoms with Crippen molar-refractivity contribution in [1.29, 1.82) is 0 Å². The van der Waals surface area contributed by atoms with E-state index in [0.29, 0.717) is 12.8 Å². The van der Waals surface area contributed by atoms with E-state index in [1.807, 2.05) is 24.3 Å². The number of unbranched alkanes of at least 4 members (excludes halogenated alkanes) is 6. The number of aliphatic hydroxyl groups excluding tert-OH is 2. The standard InChI is InChI=1S/C50H79O10P/c1-3-5-7-9-11-13-15-17-19-21-23-25-27-29-31-33-35-37-39-41-49(53)57-45-48(46-59-61(55,56)58-44-47(52)43-51)60-50(54)42-40-38-36-34-32-30-28-26-24-22-20-18-16-14-12-10-8-6-4-2/h11-14,17-20,23-26,29-32,35-38,47-48,51-52H,3-10,15-16,21-22,27-28,33-34,39-46H2,1-2H3,(H,55,56)/b13-11-,14-12-,19-17-,20-18-,25-23-,26-24-,31-29-,32-30-,37-35-,38-36-/t47-,48+/m0/s1. The molecule has 0 bridgehead atoms. The minimum atomic E-state index is -4.66. The Labute approximate surface area is 368 Å². The van der Waals surface area contributed by atoms with Crippen LogP contribution in [0.25, 0.3) is 0 Å². The third-order valence-corrected chi connectivity index (χ3v) is 9.57. The fraction of sp³-hybridized carbons (Fsp3) is 0.560. The molecular formula is C50H79O10P. The Morgan fingerprint density at radius 2 is 0.836 bits per heavy atom. The highest BCUT2D eigenvalue weighted by Crippen LogP contribution is 2.43. The van der Waals surface area contributed by atoms with Gasteiger partial charge in [-0.3, -0.25) is 18.6 Å². The Hall–Kier alpha value is -3.63. The first-order chi connectivity index (χ1) is 29.7. The van der Waals surface area contributed by atoms with E-state index < -0.39 is 58.4 Å². The second-order valence-corrected chi connectivity index (χ2v) is 15.8. The number of aliphatic hydroxyl groups is 2. The lowest BCUT2D eigenvalue weighted by molar-refractivity contribution is -0.161. The van der Waals surface area contributed by atoms with E-state index in [1.54, 1.807) is 0 Å². The molecule has 0 aliphatic heterocycles. The minimum absolute atomic E-state index is 0.0375. The minimum Gasteiger partial charge on any atom is -0.462 e. The first kappa shape index (κ1) is 57.4. The van der Waals surface area contributed by atoms with Crippen LogP contribution in [-0.4, -0.2) is 65.7 Å². The SMILES string of the molecule is CCCCC/C=C\C/C=C\C/C=C\C/C=C\C/C=C\CCC(=O)OC[C@H](COP(=O)(O)OC[C@@H](O)CO)OC(=O)CC/C=C\C/C=C\C/C=C\C/C=C\C/C=C\CCCCC. The van der Waals surface area contributed by atoms with Gasteiger partial charge in [0.25, 0.3) is 0 Å². The molecule has 0 spiro atoms. The fourth-order valence-corrected chi connectivity index (χ4v) is 5.92. The van der Waals surface area contributed by atoms with E-state index in [0.717, 1.165) is 57.8 Å². The van der Waals surface area contributed by atoms with Crippen LogP contribution in [0.3, 0.4) is 0 Å². The van der Waals surface area contributed by atoms with Crippen molar-refractivity contribution >= 4 is 19.8 Å². The van der Waals surface area contributed by atoms with E-state index in [1.165, 1.54) is 44.9 Å². The van der Waals surface area contributed by atoms with Gasteiger partial charge < -0.3 is 24.6 Å². The summed E-state index contributed by atoms with van der Waals surface area (Å²) in [5, 5.41) is 18.3. The molecule has 0 radical (unpaired) electrons. The number of rotatable bonds is 40. The summed E-state index contributed by atoms with van der Waals surface area (Å²) >= 11 is 0. The lowest BCUT2D eigenvalue weighted by Gasteiger charge is -2.20. The largest absolute Gasteiger partial charge is 0.472 e. The first-order valence-corrected chi connectivity index (χ1v) is 24.0. The van der Waals surface area contributed by atoms with Crippen LogP contribution < -0.4 is 0 Å². The Kier molecular flexibility index (Phi) is 41.8. The molecule has 0 aromatic rings. The predicted molar refractivity (Wildman–Crippen MR) is 251 cm³/mol. The van der Waals surface area contributed by atoms with Crippen molar-refractivity contribution in [2.75, 3.05) is 26.4 Å². The molecule has 0 saturated carbocycles. The zero-order chi connectivity index (χ0) is 44.8. The number of allylic oxidation sites excluding steroid dienone is 20. The highest BCUT2D eigenvalue weighted by Gasteiger charge is 2.27. The molecule has 11 heteroatoms. The van der Waals surface area contributed by atoms with Gasteiger partial charge in [0.2, 0.25) is 0 Å². The number of ether oxygens (including phenoxy) is 2. The second kappa shape index (κ2) is 44.4. The molecule has 0 saturated heterocycles. The Morgan fingerprint density at radius 1 is 0.492 bits per heavy atom. The number of carbonyl (C=O) groups is 2. The van der Waals surface area contributed by atoms with Crippen molar-refractivity contribution in [3.8, 4) is 0 Å².